The van der Waals surface area contributed by atoms with E-state index in [1.807, 2.05) is 25.7 Å². The number of nitrogens with one attached hydrogen (secondary N) is 1. The molecule has 0 aliphatic carbocycles. The first-order valence-electron chi connectivity index (χ1n) is 6.26. The van der Waals surface area contributed by atoms with Gasteiger partial charge in [0.05, 0.1) is 6.61 Å². The number of nitrogens with zero attached hydrogens (tertiary/aromatic N) is 1. The second-order valence-corrected chi connectivity index (χ2v) is 4.72. The number of hydrogen-bond acceptors (Lipinski definition) is 2. The first kappa shape index (κ1) is 13.3. The molecular formula is C12H24N2O2. The van der Waals surface area contributed by atoms with Crippen LogP contribution in [0.1, 0.15) is 33.6 Å². The van der Waals surface area contributed by atoms with Crippen molar-refractivity contribution in [2.24, 2.45) is 5.92 Å². The molecule has 1 rings (SSSR count). The molecule has 0 aromatic rings. The number of hydrogen-bond donors (Lipinski definition) is 1. The third-order valence-electron chi connectivity index (χ3n) is 2.78. The van der Waals surface area contributed by atoms with Crippen molar-refractivity contribution in [1.29, 1.82) is 0 Å². The SMILES string of the molecule is CCOCC1CCCN(C(=O)NC(C)C)C1. The molecule has 1 saturated heterocycles. The molecule has 4 nitrogen and oxygen atoms in total. The third-order valence-corrected chi connectivity index (χ3v) is 2.78. The highest BCUT2D eigenvalue weighted by Crippen LogP contribution is 2.16. The highest BCUT2D eigenvalue weighted by atomic mass is 16.5. The van der Waals surface area contributed by atoms with Crippen molar-refractivity contribution in [2.45, 2.75) is 39.7 Å². The van der Waals surface area contributed by atoms with E-state index in [0.717, 1.165) is 32.7 Å². The Labute approximate surface area is 98.3 Å². The standard InChI is InChI=1S/C12H24N2O2/c1-4-16-9-11-6-5-7-14(8-11)12(15)13-10(2)3/h10-11H,4-9H2,1-3H3,(H,13,15). The summed E-state index contributed by atoms with van der Waals surface area (Å²) in [5.74, 6) is 0.506. The van der Waals surface area contributed by atoms with Crippen LogP contribution in [0.5, 0.6) is 0 Å². The van der Waals surface area contributed by atoms with E-state index < -0.39 is 0 Å². The van der Waals surface area contributed by atoms with Crippen LogP contribution in [0.3, 0.4) is 0 Å². The number of carbonyl (C=O) groups excluding carboxylic acids is 1. The van der Waals surface area contributed by atoms with Crippen molar-refractivity contribution in [3.05, 3.63) is 0 Å². The van der Waals surface area contributed by atoms with Gasteiger partial charge in [-0.3, -0.25) is 0 Å². The fraction of sp³-hybridized carbons (Fsp3) is 0.917. The number of piperidine rings is 1. The second-order valence-electron chi connectivity index (χ2n) is 4.72. The number of rotatable bonds is 4. The first-order chi connectivity index (χ1) is 7.63. The molecule has 1 fully saturated rings. The lowest BCUT2D eigenvalue weighted by Gasteiger charge is -2.33. The molecule has 1 heterocycles. The molecule has 1 unspecified atom stereocenters. The Morgan fingerprint density at radius 3 is 2.94 bits per heavy atom. The fourth-order valence-corrected chi connectivity index (χ4v) is 2.01. The molecule has 0 saturated carbocycles. The van der Waals surface area contributed by atoms with Crippen LogP contribution in [-0.2, 0) is 4.74 Å². The molecule has 16 heavy (non-hydrogen) atoms. The molecule has 1 atom stereocenters. The fourth-order valence-electron chi connectivity index (χ4n) is 2.01. The zero-order chi connectivity index (χ0) is 12.0. The summed E-state index contributed by atoms with van der Waals surface area (Å²) >= 11 is 0. The van der Waals surface area contributed by atoms with Gasteiger partial charge in [0.15, 0.2) is 0 Å². The highest BCUT2D eigenvalue weighted by Gasteiger charge is 2.23. The van der Waals surface area contributed by atoms with E-state index in [1.165, 1.54) is 6.42 Å². The topological polar surface area (TPSA) is 41.6 Å². The molecule has 0 aromatic heterocycles. The summed E-state index contributed by atoms with van der Waals surface area (Å²) < 4.78 is 5.42. The van der Waals surface area contributed by atoms with Gasteiger partial charge in [0.25, 0.3) is 0 Å². The Morgan fingerprint density at radius 2 is 2.31 bits per heavy atom. The van der Waals surface area contributed by atoms with Crippen molar-refractivity contribution in [3.63, 3.8) is 0 Å². The number of ether oxygens (including phenoxy) is 1. The van der Waals surface area contributed by atoms with Crippen molar-refractivity contribution >= 4 is 6.03 Å². The molecule has 0 bridgehead atoms. The lowest BCUT2D eigenvalue weighted by Crippen LogP contribution is -2.48. The van der Waals surface area contributed by atoms with Crippen LogP contribution >= 0.6 is 0 Å². The van der Waals surface area contributed by atoms with Gasteiger partial charge < -0.3 is 15.0 Å². The Kier molecular flexibility index (Phi) is 5.60. The minimum Gasteiger partial charge on any atom is -0.381 e. The van der Waals surface area contributed by atoms with Crippen LogP contribution in [0.25, 0.3) is 0 Å². The van der Waals surface area contributed by atoms with Crippen LogP contribution in [0.2, 0.25) is 0 Å². The molecule has 1 N–H and O–H groups in total. The van der Waals surface area contributed by atoms with Gasteiger partial charge >= 0.3 is 6.03 Å². The average Bonchev–Trinajstić information content (AvgIpc) is 2.26. The van der Waals surface area contributed by atoms with E-state index in [0.29, 0.717) is 5.92 Å². The van der Waals surface area contributed by atoms with E-state index in [2.05, 4.69) is 5.32 Å². The number of amides is 2. The molecular weight excluding hydrogens is 204 g/mol. The van der Waals surface area contributed by atoms with Gasteiger partial charge in [0, 0.05) is 31.7 Å². The molecule has 2 amide bonds. The van der Waals surface area contributed by atoms with Gasteiger partial charge in [-0.1, -0.05) is 0 Å². The summed E-state index contributed by atoms with van der Waals surface area (Å²) in [5.41, 5.74) is 0. The molecule has 94 valence electrons. The van der Waals surface area contributed by atoms with Crippen molar-refractivity contribution in [1.82, 2.24) is 10.2 Å². The largest absolute Gasteiger partial charge is 0.381 e. The van der Waals surface area contributed by atoms with Crippen LogP contribution in [0.4, 0.5) is 4.79 Å². The summed E-state index contributed by atoms with van der Waals surface area (Å²) in [6.07, 6.45) is 2.26. The second kappa shape index (κ2) is 6.74. The molecule has 4 heteroatoms. The predicted octanol–water partition coefficient (Wildman–Crippen LogP) is 1.85. The van der Waals surface area contributed by atoms with Crippen LogP contribution in [0.15, 0.2) is 0 Å². The molecule has 0 aromatic carbocycles. The van der Waals surface area contributed by atoms with Crippen molar-refractivity contribution in [3.8, 4) is 0 Å². The number of likely N-dealkylation sites (tertiary alicyclic amines) is 1. The number of carbonyl (C=O) groups is 1. The first-order valence-corrected chi connectivity index (χ1v) is 6.26. The van der Waals surface area contributed by atoms with Gasteiger partial charge in [0.1, 0.15) is 0 Å². The Balaban J connectivity index is 2.34. The van der Waals surface area contributed by atoms with Crippen LogP contribution in [-0.4, -0.2) is 43.3 Å². The van der Waals surface area contributed by atoms with Gasteiger partial charge in [-0.05, 0) is 33.6 Å². The molecule has 0 radical (unpaired) electrons. The number of urea groups is 1. The summed E-state index contributed by atoms with van der Waals surface area (Å²) in [6.45, 7) is 9.22. The third kappa shape index (κ3) is 4.39. The highest BCUT2D eigenvalue weighted by molar-refractivity contribution is 5.74. The van der Waals surface area contributed by atoms with E-state index >= 15 is 0 Å². The van der Waals surface area contributed by atoms with Gasteiger partial charge in [0.2, 0.25) is 0 Å². The minimum absolute atomic E-state index is 0.0659. The Hall–Kier alpha value is -0.770. The smallest absolute Gasteiger partial charge is 0.317 e. The minimum atomic E-state index is 0.0659. The monoisotopic (exact) mass is 228 g/mol. The van der Waals surface area contributed by atoms with E-state index in [4.69, 9.17) is 4.74 Å². The van der Waals surface area contributed by atoms with Crippen molar-refractivity contribution < 1.29 is 9.53 Å². The van der Waals surface area contributed by atoms with E-state index in [9.17, 15) is 4.79 Å². The van der Waals surface area contributed by atoms with E-state index in [-0.39, 0.29) is 12.1 Å². The summed E-state index contributed by atoms with van der Waals surface area (Å²) in [4.78, 5) is 13.7. The van der Waals surface area contributed by atoms with Gasteiger partial charge in [-0.2, -0.15) is 0 Å². The Morgan fingerprint density at radius 1 is 1.56 bits per heavy atom. The van der Waals surface area contributed by atoms with Gasteiger partial charge in [-0.15, -0.1) is 0 Å². The summed E-state index contributed by atoms with van der Waals surface area (Å²) in [7, 11) is 0. The van der Waals surface area contributed by atoms with Crippen LogP contribution < -0.4 is 5.32 Å². The quantitative estimate of drug-likeness (QED) is 0.798. The zero-order valence-corrected chi connectivity index (χ0v) is 10.7. The van der Waals surface area contributed by atoms with Gasteiger partial charge in [-0.25, -0.2) is 4.79 Å². The normalized spacial score (nSPS) is 21.2. The zero-order valence-electron chi connectivity index (χ0n) is 10.7. The maximum atomic E-state index is 11.8. The molecule has 0 spiro atoms. The van der Waals surface area contributed by atoms with Crippen molar-refractivity contribution in [2.75, 3.05) is 26.3 Å². The maximum absolute atomic E-state index is 11.8. The van der Waals surface area contributed by atoms with Crippen LogP contribution in [0, 0.1) is 5.92 Å². The summed E-state index contributed by atoms with van der Waals surface area (Å²) in [6, 6.07) is 0.274. The lowest BCUT2D eigenvalue weighted by atomic mass is 9.99. The Bertz CT molecular complexity index is 219. The lowest BCUT2D eigenvalue weighted by molar-refractivity contribution is 0.0753. The molecule has 1 aliphatic rings. The van der Waals surface area contributed by atoms with E-state index in [1.54, 1.807) is 0 Å². The molecule has 1 aliphatic heterocycles. The average molecular weight is 228 g/mol. The summed E-state index contributed by atoms with van der Waals surface area (Å²) in [5, 5.41) is 2.94. The maximum Gasteiger partial charge on any atom is 0.317 e. The predicted molar refractivity (Wildman–Crippen MR) is 64.5 cm³/mol.